The molecule has 200 valence electrons. The quantitative estimate of drug-likeness (QED) is 0.222. The molecule has 14 heteroatoms. The van der Waals surface area contributed by atoms with Crippen LogP contribution in [0.1, 0.15) is 6.92 Å². The SMILES string of the molecule is C=CC(=O)O.C=CC(=O)O.C=CC(=O)O.C=CC(=O)O.C=CC(=O)O.C=CC(=O)O.CC(O)CO. The van der Waals surface area contributed by atoms with E-state index in [0.717, 1.165) is 36.5 Å². The van der Waals surface area contributed by atoms with Crippen LogP contribution in [-0.2, 0) is 28.8 Å². The summed E-state index contributed by atoms with van der Waals surface area (Å²) in [5.74, 6) is -5.89. The molecule has 1 atom stereocenters. The van der Waals surface area contributed by atoms with E-state index in [2.05, 4.69) is 39.5 Å². The average Bonchev–Trinajstić information content (AvgIpc) is 2.80. The highest BCUT2D eigenvalue weighted by atomic mass is 16.4. The van der Waals surface area contributed by atoms with Crippen molar-refractivity contribution in [2.45, 2.75) is 13.0 Å². The molecule has 0 aliphatic rings. The Hall–Kier alpha value is -4.82. The molecule has 0 aliphatic heterocycles. The maximum absolute atomic E-state index is 9.25. The first-order chi connectivity index (χ1) is 15.9. The van der Waals surface area contributed by atoms with Crippen LogP contribution < -0.4 is 0 Å². The molecule has 0 rings (SSSR count). The zero-order chi connectivity index (χ0) is 30.0. The van der Waals surface area contributed by atoms with Gasteiger partial charge in [-0.05, 0) is 6.92 Å². The lowest BCUT2D eigenvalue weighted by Gasteiger charge is -1.90. The van der Waals surface area contributed by atoms with Crippen LogP contribution in [0.3, 0.4) is 0 Å². The molecule has 0 spiro atoms. The van der Waals surface area contributed by atoms with E-state index in [1.165, 1.54) is 6.92 Å². The first-order valence-electron chi connectivity index (χ1n) is 8.31. The Bertz CT molecular complexity index is 536. The second-order valence-electron chi connectivity index (χ2n) is 4.29. The largest absolute Gasteiger partial charge is 0.478 e. The minimum atomic E-state index is -0.981. The average molecular weight is 508 g/mol. The molecular weight excluding hydrogens is 476 g/mol. The van der Waals surface area contributed by atoms with Gasteiger partial charge < -0.3 is 40.9 Å². The molecule has 0 saturated carbocycles. The summed E-state index contributed by atoms with van der Waals surface area (Å²) in [4.78, 5) is 55.5. The van der Waals surface area contributed by atoms with Gasteiger partial charge in [0.1, 0.15) is 0 Å². The summed E-state index contributed by atoms with van der Waals surface area (Å²) in [7, 11) is 0. The molecule has 0 aromatic rings. The fourth-order valence-corrected chi connectivity index (χ4v) is 0. The zero-order valence-corrected chi connectivity index (χ0v) is 19.0. The van der Waals surface area contributed by atoms with Crippen LogP contribution in [0.25, 0.3) is 0 Å². The first kappa shape index (κ1) is 47.8. The lowest BCUT2D eigenvalue weighted by Crippen LogP contribution is -2.03. The maximum atomic E-state index is 9.25. The lowest BCUT2D eigenvalue weighted by atomic mass is 10.5. The first-order valence-corrected chi connectivity index (χ1v) is 8.31. The maximum Gasteiger partial charge on any atom is 0.327 e. The number of aliphatic hydroxyl groups excluding tert-OH is 2. The number of aliphatic carboxylic acids is 6. The van der Waals surface area contributed by atoms with Crippen molar-refractivity contribution in [1.29, 1.82) is 0 Å². The number of carbonyl (C=O) groups is 6. The second kappa shape index (κ2) is 43.1. The Morgan fingerprint density at radius 1 is 0.514 bits per heavy atom. The van der Waals surface area contributed by atoms with Gasteiger partial charge in [-0.15, -0.1) is 0 Å². The number of carboxylic acid groups (broad SMARTS) is 6. The van der Waals surface area contributed by atoms with Gasteiger partial charge in [0.25, 0.3) is 0 Å². The Morgan fingerprint density at radius 2 is 0.571 bits per heavy atom. The number of rotatable bonds is 7. The Morgan fingerprint density at radius 3 is 0.571 bits per heavy atom. The van der Waals surface area contributed by atoms with E-state index in [1.807, 2.05) is 0 Å². The van der Waals surface area contributed by atoms with Gasteiger partial charge in [-0.2, -0.15) is 0 Å². The van der Waals surface area contributed by atoms with E-state index in [9.17, 15) is 28.8 Å². The van der Waals surface area contributed by atoms with E-state index >= 15 is 0 Å². The third-order valence-electron chi connectivity index (χ3n) is 1.31. The van der Waals surface area contributed by atoms with E-state index in [1.54, 1.807) is 0 Å². The molecule has 0 bridgehead atoms. The molecule has 0 amide bonds. The van der Waals surface area contributed by atoms with Gasteiger partial charge in [0.15, 0.2) is 0 Å². The molecule has 0 saturated heterocycles. The topological polar surface area (TPSA) is 264 Å². The fourth-order valence-electron chi connectivity index (χ4n) is 0. The van der Waals surface area contributed by atoms with Crippen molar-refractivity contribution in [1.82, 2.24) is 0 Å². The molecule has 8 N–H and O–H groups in total. The third kappa shape index (κ3) is 256. The van der Waals surface area contributed by atoms with Gasteiger partial charge in [0, 0.05) is 36.5 Å². The van der Waals surface area contributed by atoms with Crippen LogP contribution in [0.4, 0.5) is 0 Å². The highest BCUT2D eigenvalue weighted by molar-refractivity contribution is 5.80. The summed E-state index contributed by atoms with van der Waals surface area (Å²) in [6, 6.07) is 0. The molecule has 1 unspecified atom stereocenters. The monoisotopic (exact) mass is 508 g/mol. The molecule has 14 nitrogen and oxygen atoms in total. The van der Waals surface area contributed by atoms with Crippen molar-refractivity contribution in [2.24, 2.45) is 0 Å². The standard InChI is InChI=1S/C3H8O2.6C3H4O2/c1-3(5)2-4;6*1-2-3(4)5/h3-5H,2H2,1H3;6*2H,1H2,(H,4,5). The molecule has 35 heavy (non-hydrogen) atoms. The van der Waals surface area contributed by atoms with Crippen LogP contribution in [0.5, 0.6) is 0 Å². The van der Waals surface area contributed by atoms with Crippen LogP contribution in [0.15, 0.2) is 75.9 Å². The summed E-state index contributed by atoms with van der Waals surface area (Å²) in [5, 5.41) is 61.6. The minimum absolute atomic E-state index is 0.139. The van der Waals surface area contributed by atoms with Crippen LogP contribution in [0, 0.1) is 0 Å². The summed E-state index contributed by atoms with van der Waals surface area (Å²) in [5.41, 5.74) is 0. The Labute approximate surface area is 201 Å². The molecule has 0 radical (unpaired) electrons. The van der Waals surface area contributed by atoms with Crippen molar-refractivity contribution >= 4 is 35.8 Å². The zero-order valence-electron chi connectivity index (χ0n) is 19.0. The molecule has 0 aromatic heterocycles. The molecule has 0 aromatic carbocycles. The van der Waals surface area contributed by atoms with Crippen molar-refractivity contribution < 1.29 is 69.6 Å². The Balaban J connectivity index is -0.0000000523. The Kier molecular flexibility index (Phi) is 58.9. The minimum Gasteiger partial charge on any atom is -0.478 e. The molecule has 0 aliphatic carbocycles. The summed E-state index contributed by atoms with van der Waals surface area (Å²) in [6.45, 7) is 19.2. The van der Waals surface area contributed by atoms with E-state index < -0.39 is 41.9 Å². The van der Waals surface area contributed by atoms with Gasteiger partial charge in [-0.25, -0.2) is 28.8 Å². The smallest absolute Gasteiger partial charge is 0.327 e. The number of hydrogen-bond donors (Lipinski definition) is 8. The number of hydrogen-bond acceptors (Lipinski definition) is 8. The molecule has 0 fully saturated rings. The van der Waals surface area contributed by atoms with E-state index in [-0.39, 0.29) is 6.61 Å². The second-order valence-corrected chi connectivity index (χ2v) is 4.29. The van der Waals surface area contributed by atoms with Gasteiger partial charge in [-0.1, -0.05) is 39.5 Å². The predicted molar refractivity (Wildman–Crippen MR) is 126 cm³/mol. The summed E-state index contributed by atoms with van der Waals surface area (Å²) < 4.78 is 0. The number of aliphatic hydroxyl groups is 2. The third-order valence-corrected chi connectivity index (χ3v) is 1.31. The van der Waals surface area contributed by atoms with Crippen molar-refractivity contribution in [2.75, 3.05) is 6.61 Å². The highest BCUT2D eigenvalue weighted by Crippen LogP contribution is 1.68. The van der Waals surface area contributed by atoms with E-state index in [4.69, 9.17) is 40.9 Å². The lowest BCUT2D eigenvalue weighted by molar-refractivity contribution is -0.132. The number of carboxylic acids is 6. The van der Waals surface area contributed by atoms with Gasteiger partial charge in [0.2, 0.25) is 0 Å². The normalized spacial score (nSPS) is 7.63. The van der Waals surface area contributed by atoms with Gasteiger partial charge in [-0.3, -0.25) is 0 Å². The predicted octanol–water partition coefficient (Wildman–Crippen LogP) is 0.902. The summed E-state index contributed by atoms with van der Waals surface area (Å²) >= 11 is 0. The van der Waals surface area contributed by atoms with Crippen molar-refractivity contribution in [3.63, 3.8) is 0 Å². The highest BCUT2D eigenvalue weighted by Gasteiger charge is 1.83. The fraction of sp³-hybridized carbons (Fsp3) is 0.143. The van der Waals surface area contributed by atoms with E-state index in [0.29, 0.717) is 0 Å². The van der Waals surface area contributed by atoms with Crippen molar-refractivity contribution in [3.8, 4) is 0 Å². The molecule has 0 heterocycles. The van der Waals surface area contributed by atoms with Crippen molar-refractivity contribution in [3.05, 3.63) is 75.9 Å². The van der Waals surface area contributed by atoms with Crippen LogP contribution in [-0.4, -0.2) is 89.4 Å². The van der Waals surface area contributed by atoms with Crippen LogP contribution in [0.2, 0.25) is 0 Å². The van der Waals surface area contributed by atoms with Gasteiger partial charge in [0.05, 0.1) is 12.7 Å². The van der Waals surface area contributed by atoms with Gasteiger partial charge >= 0.3 is 35.8 Å². The molecular formula is C21H32O14. The van der Waals surface area contributed by atoms with Crippen LogP contribution >= 0.6 is 0 Å². The summed E-state index contributed by atoms with van der Waals surface area (Å²) in [6.07, 6.45) is 4.44.